The number of phenols is 1. The zero-order valence-electron chi connectivity index (χ0n) is 11.5. The number of aromatic hydroxyl groups is 1. The highest BCUT2D eigenvalue weighted by molar-refractivity contribution is 9.10. The van der Waals surface area contributed by atoms with Gasteiger partial charge in [0.2, 0.25) is 0 Å². The summed E-state index contributed by atoms with van der Waals surface area (Å²) in [6.07, 6.45) is 0.648. The zero-order valence-corrected chi connectivity index (χ0v) is 13.1. The van der Waals surface area contributed by atoms with E-state index in [0.717, 1.165) is 10.0 Å². The van der Waals surface area contributed by atoms with E-state index in [0.29, 0.717) is 19.5 Å². The van der Waals surface area contributed by atoms with Crippen LogP contribution in [0.1, 0.15) is 12.0 Å². The fourth-order valence-electron chi connectivity index (χ4n) is 2.49. The highest BCUT2D eigenvalue weighted by Gasteiger charge is 2.37. The van der Waals surface area contributed by atoms with E-state index in [4.69, 9.17) is 9.47 Å². The molecule has 1 saturated heterocycles. The van der Waals surface area contributed by atoms with Crippen molar-refractivity contribution in [1.29, 1.82) is 0 Å². The van der Waals surface area contributed by atoms with Gasteiger partial charge in [0, 0.05) is 31.1 Å². The molecular weight excluding hydrogens is 326 g/mol. The molecule has 2 rings (SSSR count). The maximum Gasteiger partial charge on any atom is 0.323 e. The molecule has 0 amide bonds. The maximum atomic E-state index is 11.8. The van der Waals surface area contributed by atoms with Crippen LogP contribution in [0.4, 0.5) is 0 Å². The molecule has 1 aromatic carbocycles. The van der Waals surface area contributed by atoms with Gasteiger partial charge in [-0.1, -0.05) is 15.9 Å². The van der Waals surface area contributed by atoms with Crippen molar-refractivity contribution >= 4 is 21.9 Å². The van der Waals surface area contributed by atoms with Crippen LogP contribution in [0.3, 0.4) is 0 Å². The third-order valence-electron chi connectivity index (χ3n) is 3.57. The van der Waals surface area contributed by atoms with Gasteiger partial charge >= 0.3 is 5.97 Å². The number of carbonyl (C=O) groups is 1. The molecule has 0 saturated carbocycles. The van der Waals surface area contributed by atoms with Gasteiger partial charge in [-0.05, 0) is 23.8 Å². The van der Waals surface area contributed by atoms with Crippen molar-refractivity contribution in [2.45, 2.75) is 25.1 Å². The number of methoxy groups -OCH3 is 2. The number of likely N-dealkylation sites (tertiary alicyclic amines) is 1. The number of rotatable bonds is 4. The average molecular weight is 344 g/mol. The minimum absolute atomic E-state index is 0.0233. The van der Waals surface area contributed by atoms with Crippen LogP contribution < -0.4 is 0 Å². The van der Waals surface area contributed by atoms with Gasteiger partial charge in [-0.2, -0.15) is 0 Å². The van der Waals surface area contributed by atoms with Gasteiger partial charge in [0.1, 0.15) is 11.8 Å². The third kappa shape index (κ3) is 3.31. The molecule has 0 aromatic heterocycles. The lowest BCUT2D eigenvalue weighted by Crippen LogP contribution is -2.36. The smallest absolute Gasteiger partial charge is 0.323 e. The van der Waals surface area contributed by atoms with Crippen molar-refractivity contribution in [2.75, 3.05) is 20.8 Å². The second-order valence-electron chi connectivity index (χ2n) is 4.84. The first-order chi connectivity index (χ1) is 9.55. The molecule has 20 heavy (non-hydrogen) atoms. The lowest BCUT2D eigenvalue weighted by molar-refractivity contribution is -0.146. The number of hydrogen-bond donors (Lipinski definition) is 1. The fraction of sp³-hybridized carbons (Fsp3) is 0.500. The van der Waals surface area contributed by atoms with Crippen molar-refractivity contribution in [1.82, 2.24) is 4.90 Å². The van der Waals surface area contributed by atoms with Crippen LogP contribution in [-0.2, 0) is 20.8 Å². The normalized spacial score (nSPS) is 22.9. The summed E-state index contributed by atoms with van der Waals surface area (Å²) in [5.74, 6) is -0.0406. The lowest BCUT2D eigenvalue weighted by Gasteiger charge is -2.22. The van der Waals surface area contributed by atoms with E-state index in [1.165, 1.54) is 7.11 Å². The van der Waals surface area contributed by atoms with Gasteiger partial charge in [-0.25, -0.2) is 0 Å². The van der Waals surface area contributed by atoms with Crippen molar-refractivity contribution in [2.24, 2.45) is 0 Å². The standard InChI is InChI=1S/C14H18BrNO4/c1-19-11-6-13(14(18)20-2)16(8-11)7-9-5-10(17)3-4-12(9)15/h3-5,11,13,17H,6-8H2,1-2H3/t11-,13+/m1/s1. The predicted molar refractivity (Wildman–Crippen MR) is 77.4 cm³/mol. The molecule has 0 aliphatic carbocycles. The topological polar surface area (TPSA) is 59.0 Å². The first kappa shape index (κ1) is 15.3. The largest absolute Gasteiger partial charge is 0.508 e. The lowest BCUT2D eigenvalue weighted by atomic mass is 10.1. The number of hydrogen-bond acceptors (Lipinski definition) is 5. The van der Waals surface area contributed by atoms with Crippen molar-refractivity contribution < 1.29 is 19.4 Å². The molecule has 1 N–H and O–H groups in total. The zero-order chi connectivity index (χ0) is 14.7. The predicted octanol–water partition coefficient (Wildman–Crippen LogP) is 1.92. The van der Waals surface area contributed by atoms with Crippen LogP contribution in [0, 0.1) is 0 Å². The molecule has 1 aliphatic heterocycles. The Morgan fingerprint density at radius 3 is 2.90 bits per heavy atom. The summed E-state index contributed by atoms with van der Waals surface area (Å²) in [7, 11) is 3.04. The van der Waals surface area contributed by atoms with E-state index in [9.17, 15) is 9.90 Å². The van der Waals surface area contributed by atoms with Crippen molar-refractivity contribution in [3.63, 3.8) is 0 Å². The van der Waals surface area contributed by atoms with Crippen molar-refractivity contribution in [3.05, 3.63) is 28.2 Å². The van der Waals surface area contributed by atoms with Crippen molar-refractivity contribution in [3.8, 4) is 5.75 Å². The summed E-state index contributed by atoms with van der Waals surface area (Å²) < 4.78 is 11.1. The Hall–Kier alpha value is -1.11. The summed E-state index contributed by atoms with van der Waals surface area (Å²) in [6, 6.07) is 4.80. The number of benzene rings is 1. The van der Waals surface area contributed by atoms with E-state index in [2.05, 4.69) is 15.9 Å². The number of esters is 1. The van der Waals surface area contributed by atoms with Gasteiger partial charge in [-0.3, -0.25) is 9.69 Å². The number of nitrogens with zero attached hydrogens (tertiary/aromatic N) is 1. The van der Waals surface area contributed by atoms with Crippen LogP contribution in [0.15, 0.2) is 22.7 Å². The van der Waals surface area contributed by atoms with Crippen LogP contribution in [0.5, 0.6) is 5.75 Å². The third-order valence-corrected chi connectivity index (χ3v) is 4.35. The summed E-state index contributed by atoms with van der Waals surface area (Å²) in [6.45, 7) is 1.22. The molecule has 0 spiro atoms. The second-order valence-corrected chi connectivity index (χ2v) is 5.69. The number of carbonyl (C=O) groups excluding carboxylic acids is 1. The van der Waals surface area contributed by atoms with Gasteiger partial charge in [0.05, 0.1) is 13.2 Å². The quantitative estimate of drug-likeness (QED) is 0.846. The highest BCUT2D eigenvalue weighted by atomic mass is 79.9. The SMILES string of the molecule is COC(=O)[C@@H]1C[C@@H](OC)CN1Cc1cc(O)ccc1Br. The molecule has 1 heterocycles. The van der Waals surface area contributed by atoms with Crippen LogP contribution >= 0.6 is 15.9 Å². The van der Waals surface area contributed by atoms with E-state index in [1.807, 2.05) is 4.90 Å². The Kier molecular flexibility index (Phi) is 5.01. The van der Waals surface area contributed by atoms with E-state index >= 15 is 0 Å². The summed E-state index contributed by atoms with van der Waals surface area (Å²) in [4.78, 5) is 13.9. The number of phenolic OH excluding ortho intramolecular Hbond substituents is 1. The van der Waals surface area contributed by atoms with Crippen LogP contribution in [0.25, 0.3) is 0 Å². The van der Waals surface area contributed by atoms with Gasteiger partial charge in [0.25, 0.3) is 0 Å². The number of ether oxygens (including phenoxy) is 2. The molecule has 0 unspecified atom stereocenters. The molecule has 6 heteroatoms. The molecule has 1 fully saturated rings. The Balaban J connectivity index is 2.17. The summed E-state index contributed by atoms with van der Waals surface area (Å²) in [5, 5.41) is 9.58. The molecule has 5 nitrogen and oxygen atoms in total. The molecule has 2 atom stereocenters. The minimum atomic E-state index is -0.306. The molecule has 0 radical (unpaired) electrons. The van der Waals surface area contributed by atoms with E-state index in [-0.39, 0.29) is 23.9 Å². The average Bonchev–Trinajstić information content (AvgIpc) is 2.85. The molecule has 110 valence electrons. The monoisotopic (exact) mass is 343 g/mol. The fourth-order valence-corrected chi connectivity index (χ4v) is 2.86. The molecule has 0 bridgehead atoms. The maximum absolute atomic E-state index is 11.8. The molecule has 1 aliphatic rings. The minimum Gasteiger partial charge on any atom is -0.508 e. The Bertz CT molecular complexity index is 494. The van der Waals surface area contributed by atoms with Crippen LogP contribution in [-0.4, -0.2) is 48.9 Å². The highest BCUT2D eigenvalue weighted by Crippen LogP contribution is 2.28. The van der Waals surface area contributed by atoms with E-state index < -0.39 is 0 Å². The van der Waals surface area contributed by atoms with Crippen LogP contribution in [0.2, 0.25) is 0 Å². The van der Waals surface area contributed by atoms with Gasteiger partial charge in [0.15, 0.2) is 0 Å². The van der Waals surface area contributed by atoms with Gasteiger partial charge < -0.3 is 14.6 Å². The Morgan fingerprint density at radius 1 is 1.50 bits per heavy atom. The van der Waals surface area contributed by atoms with Gasteiger partial charge in [-0.15, -0.1) is 0 Å². The molecular formula is C14H18BrNO4. The molecule has 1 aromatic rings. The Morgan fingerprint density at radius 2 is 2.25 bits per heavy atom. The second kappa shape index (κ2) is 6.56. The van der Waals surface area contributed by atoms with E-state index in [1.54, 1.807) is 25.3 Å². The summed E-state index contributed by atoms with van der Waals surface area (Å²) >= 11 is 3.46. The summed E-state index contributed by atoms with van der Waals surface area (Å²) in [5.41, 5.74) is 0.927. The first-order valence-electron chi connectivity index (χ1n) is 6.37. The Labute approximate surface area is 126 Å². The number of halogens is 1. The first-order valence-corrected chi connectivity index (χ1v) is 7.16.